The minimum Gasteiger partial charge on any atom is -0.396 e. The first-order valence-electron chi connectivity index (χ1n) is 5.53. The lowest BCUT2D eigenvalue weighted by molar-refractivity contribution is 0.264. The Balaban J connectivity index is 2.20. The summed E-state index contributed by atoms with van der Waals surface area (Å²) < 4.78 is 1.76. The van der Waals surface area contributed by atoms with E-state index in [1.165, 1.54) is 0 Å². The molecule has 17 heavy (non-hydrogen) atoms. The van der Waals surface area contributed by atoms with Crippen LogP contribution in [0.3, 0.4) is 0 Å². The quantitative estimate of drug-likeness (QED) is 0.905. The number of benzene rings is 1. The molecular weight excluding hydrogens is 236 g/mol. The molecular formula is C13H15ClN2O. The minimum absolute atomic E-state index is 0.0212. The van der Waals surface area contributed by atoms with Gasteiger partial charge in [0.15, 0.2) is 0 Å². The van der Waals surface area contributed by atoms with Gasteiger partial charge in [-0.1, -0.05) is 29.8 Å². The van der Waals surface area contributed by atoms with Gasteiger partial charge in [-0.05, 0) is 23.6 Å². The van der Waals surface area contributed by atoms with E-state index in [9.17, 15) is 5.11 Å². The molecule has 2 aromatic rings. The molecule has 1 atom stereocenters. The fourth-order valence-electron chi connectivity index (χ4n) is 1.94. The van der Waals surface area contributed by atoms with E-state index < -0.39 is 0 Å². The van der Waals surface area contributed by atoms with E-state index in [0.29, 0.717) is 5.02 Å². The Bertz CT molecular complexity index is 496. The van der Waals surface area contributed by atoms with Gasteiger partial charge < -0.3 is 5.11 Å². The highest BCUT2D eigenvalue weighted by molar-refractivity contribution is 6.31. The molecule has 1 N–H and O–H groups in total. The second kappa shape index (κ2) is 5.34. The van der Waals surface area contributed by atoms with Gasteiger partial charge in [0, 0.05) is 24.2 Å². The predicted molar refractivity (Wildman–Crippen MR) is 68.2 cm³/mol. The van der Waals surface area contributed by atoms with Crippen molar-refractivity contribution < 1.29 is 5.11 Å². The zero-order valence-corrected chi connectivity index (χ0v) is 10.4. The third kappa shape index (κ3) is 2.87. The van der Waals surface area contributed by atoms with Crippen LogP contribution in [0.1, 0.15) is 17.0 Å². The van der Waals surface area contributed by atoms with Crippen molar-refractivity contribution in [2.75, 3.05) is 6.61 Å². The first-order valence-corrected chi connectivity index (χ1v) is 5.91. The van der Waals surface area contributed by atoms with Crippen molar-refractivity contribution in [3.05, 3.63) is 52.8 Å². The maximum Gasteiger partial charge on any atom is 0.0521 e. The summed E-state index contributed by atoms with van der Waals surface area (Å²) in [5.41, 5.74) is 2.09. The van der Waals surface area contributed by atoms with Crippen molar-refractivity contribution in [1.82, 2.24) is 9.78 Å². The van der Waals surface area contributed by atoms with Gasteiger partial charge in [0.25, 0.3) is 0 Å². The number of rotatable bonds is 4. The maximum absolute atomic E-state index is 9.49. The SMILES string of the molecule is Cn1cc(CC(CO)c2ccccc2Cl)cn1. The molecule has 1 aromatic carbocycles. The van der Waals surface area contributed by atoms with E-state index in [2.05, 4.69) is 5.10 Å². The van der Waals surface area contributed by atoms with Crippen LogP contribution in [-0.4, -0.2) is 21.5 Å². The highest BCUT2D eigenvalue weighted by Gasteiger charge is 2.14. The highest BCUT2D eigenvalue weighted by Crippen LogP contribution is 2.26. The first-order chi connectivity index (χ1) is 8.20. The minimum atomic E-state index is 0.0212. The van der Waals surface area contributed by atoms with Crippen LogP contribution in [-0.2, 0) is 13.5 Å². The molecule has 0 bridgehead atoms. The Morgan fingerprint density at radius 2 is 2.18 bits per heavy atom. The van der Waals surface area contributed by atoms with E-state index in [1.54, 1.807) is 4.68 Å². The van der Waals surface area contributed by atoms with Crippen LogP contribution in [0.5, 0.6) is 0 Å². The van der Waals surface area contributed by atoms with Crippen LogP contribution >= 0.6 is 11.6 Å². The Kier molecular flexibility index (Phi) is 3.82. The molecule has 2 rings (SSSR count). The lowest BCUT2D eigenvalue weighted by Gasteiger charge is -2.15. The number of aliphatic hydroxyl groups excluding tert-OH is 1. The summed E-state index contributed by atoms with van der Waals surface area (Å²) in [6, 6.07) is 7.64. The zero-order chi connectivity index (χ0) is 12.3. The largest absolute Gasteiger partial charge is 0.396 e. The lowest BCUT2D eigenvalue weighted by atomic mass is 9.94. The van der Waals surface area contributed by atoms with Crippen molar-refractivity contribution in [1.29, 1.82) is 0 Å². The van der Waals surface area contributed by atoms with Gasteiger partial charge >= 0.3 is 0 Å². The summed E-state index contributed by atoms with van der Waals surface area (Å²) in [5.74, 6) is 0.0212. The molecule has 3 nitrogen and oxygen atoms in total. The molecule has 1 unspecified atom stereocenters. The van der Waals surface area contributed by atoms with Crippen molar-refractivity contribution in [3.8, 4) is 0 Å². The van der Waals surface area contributed by atoms with Crippen molar-refractivity contribution in [2.24, 2.45) is 7.05 Å². The van der Waals surface area contributed by atoms with Gasteiger partial charge in [-0.15, -0.1) is 0 Å². The number of halogens is 1. The molecule has 1 heterocycles. The summed E-state index contributed by atoms with van der Waals surface area (Å²) in [7, 11) is 1.88. The Morgan fingerprint density at radius 1 is 1.41 bits per heavy atom. The van der Waals surface area contributed by atoms with Crippen LogP contribution in [0.4, 0.5) is 0 Å². The number of aliphatic hydroxyl groups is 1. The standard InChI is InChI=1S/C13H15ClN2O/c1-16-8-10(7-15-16)6-11(9-17)12-4-2-3-5-13(12)14/h2-5,7-8,11,17H,6,9H2,1H3. The third-order valence-corrected chi connectivity index (χ3v) is 3.15. The lowest BCUT2D eigenvalue weighted by Crippen LogP contribution is -2.08. The fraction of sp³-hybridized carbons (Fsp3) is 0.308. The number of aryl methyl sites for hydroxylation is 1. The number of hydrogen-bond acceptors (Lipinski definition) is 2. The molecule has 0 saturated carbocycles. The molecule has 1 aromatic heterocycles. The van der Waals surface area contributed by atoms with E-state index in [1.807, 2.05) is 43.7 Å². The second-order valence-electron chi connectivity index (χ2n) is 4.13. The predicted octanol–water partition coefficient (Wildman–Crippen LogP) is 2.39. The molecule has 0 radical (unpaired) electrons. The zero-order valence-electron chi connectivity index (χ0n) is 9.68. The Hall–Kier alpha value is -1.32. The average Bonchev–Trinajstić information content (AvgIpc) is 2.73. The average molecular weight is 251 g/mol. The molecule has 4 heteroatoms. The molecule has 0 aliphatic heterocycles. The van der Waals surface area contributed by atoms with Crippen molar-refractivity contribution >= 4 is 11.6 Å². The first kappa shape index (κ1) is 12.1. The van der Waals surface area contributed by atoms with Gasteiger partial charge in [-0.25, -0.2) is 0 Å². The monoisotopic (exact) mass is 250 g/mol. The number of nitrogens with zero attached hydrogens (tertiary/aromatic N) is 2. The maximum atomic E-state index is 9.49. The van der Waals surface area contributed by atoms with E-state index in [-0.39, 0.29) is 12.5 Å². The van der Waals surface area contributed by atoms with Crippen LogP contribution in [0.2, 0.25) is 5.02 Å². The molecule has 90 valence electrons. The van der Waals surface area contributed by atoms with Gasteiger partial charge in [0.1, 0.15) is 0 Å². The molecule has 0 aliphatic rings. The molecule has 0 saturated heterocycles. The number of hydrogen-bond donors (Lipinski definition) is 1. The molecule has 0 amide bonds. The fourth-order valence-corrected chi connectivity index (χ4v) is 2.23. The van der Waals surface area contributed by atoms with Crippen LogP contribution in [0.15, 0.2) is 36.7 Å². The van der Waals surface area contributed by atoms with E-state index >= 15 is 0 Å². The summed E-state index contributed by atoms with van der Waals surface area (Å²) in [4.78, 5) is 0. The summed E-state index contributed by atoms with van der Waals surface area (Å²) in [5, 5.41) is 14.3. The van der Waals surface area contributed by atoms with Gasteiger partial charge in [0.05, 0.1) is 12.8 Å². The topological polar surface area (TPSA) is 38.0 Å². The number of aromatic nitrogens is 2. The summed E-state index contributed by atoms with van der Waals surface area (Å²) in [6.45, 7) is 0.0820. The Morgan fingerprint density at radius 3 is 2.76 bits per heavy atom. The molecule has 0 aliphatic carbocycles. The second-order valence-corrected chi connectivity index (χ2v) is 4.53. The molecule has 0 fully saturated rings. The molecule has 0 spiro atoms. The van der Waals surface area contributed by atoms with Crippen LogP contribution in [0, 0.1) is 0 Å². The van der Waals surface area contributed by atoms with Gasteiger partial charge in [-0.3, -0.25) is 4.68 Å². The summed E-state index contributed by atoms with van der Waals surface area (Å²) >= 11 is 6.14. The van der Waals surface area contributed by atoms with E-state index in [4.69, 9.17) is 11.6 Å². The van der Waals surface area contributed by atoms with Gasteiger partial charge in [0.2, 0.25) is 0 Å². The van der Waals surface area contributed by atoms with Crippen LogP contribution < -0.4 is 0 Å². The Labute approximate surface area is 106 Å². The normalized spacial score (nSPS) is 12.6. The third-order valence-electron chi connectivity index (χ3n) is 2.81. The van der Waals surface area contributed by atoms with E-state index in [0.717, 1.165) is 17.5 Å². The van der Waals surface area contributed by atoms with Crippen molar-refractivity contribution in [3.63, 3.8) is 0 Å². The van der Waals surface area contributed by atoms with Crippen molar-refractivity contribution in [2.45, 2.75) is 12.3 Å². The smallest absolute Gasteiger partial charge is 0.0521 e. The summed E-state index contributed by atoms with van der Waals surface area (Å²) in [6.07, 6.45) is 4.52. The van der Waals surface area contributed by atoms with Gasteiger partial charge in [-0.2, -0.15) is 5.10 Å². The van der Waals surface area contributed by atoms with Crippen LogP contribution in [0.25, 0.3) is 0 Å². The highest BCUT2D eigenvalue weighted by atomic mass is 35.5.